The van der Waals surface area contributed by atoms with Crippen LogP contribution in [0.25, 0.3) is 0 Å². The largest absolute Gasteiger partial charge is 0.338 e. The van der Waals surface area contributed by atoms with Crippen molar-refractivity contribution in [2.75, 3.05) is 13.1 Å². The molecule has 0 saturated carbocycles. The van der Waals surface area contributed by atoms with Gasteiger partial charge >= 0.3 is 0 Å². The zero-order valence-corrected chi connectivity index (χ0v) is 11.1. The quantitative estimate of drug-likeness (QED) is 0.896. The second-order valence-corrected chi connectivity index (χ2v) is 5.63. The number of thiophene rings is 1. The van der Waals surface area contributed by atoms with E-state index >= 15 is 0 Å². The lowest BCUT2D eigenvalue weighted by Crippen LogP contribution is -2.48. The third kappa shape index (κ3) is 2.69. The van der Waals surface area contributed by atoms with Crippen LogP contribution >= 0.6 is 11.3 Å². The van der Waals surface area contributed by atoms with E-state index in [0.717, 1.165) is 24.3 Å². The smallest absolute Gasteiger partial charge is 0.230 e. The Morgan fingerprint density at radius 1 is 1.65 bits per heavy atom. The second kappa shape index (κ2) is 5.65. The number of likely N-dealkylation sites (tertiary alicyclic amines) is 1. The minimum Gasteiger partial charge on any atom is -0.338 e. The fourth-order valence-corrected chi connectivity index (χ4v) is 3.22. The summed E-state index contributed by atoms with van der Waals surface area (Å²) < 4.78 is 0. The monoisotopic (exact) mass is 252 g/mol. The number of carbonyl (C=O) groups excluding carboxylic acids is 1. The van der Waals surface area contributed by atoms with Crippen LogP contribution in [0.2, 0.25) is 0 Å². The fraction of sp³-hybridized carbons (Fsp3) is 0.615. The molecule has 1 aliphatic heterocycles. The van der Waals surface area contributed by atoms with Crippen LogP contribution in [0, 0.1) is 0 Å². The zero-order chi connectivity index (χ0) is 12.3. The van der Waals surface area contributed by atoms with Gasteiger partial charge in [0.15, 0.2) is 0 Å². The van der Waals surface area contributed by atoms with E-state index in [1.54, 1.807) is 11.3 Å². The summed E-state index contributed by atoms with van der Waals surface area (Å²) >= 11 is 1.65. The number of amides is 1. The summed E-state index contributed by atoms with van der Waals surface area (Å²) in [7, 11) is 0. The van der Waals surface area contributed by atoms with Gasteiger partial charge in [0, 0.05) is 24.0 Å². The van der Waals surface area contributed by atoms with Crippen molar-refractivity contribution in [3.8, 4) is 0 Å². The predicted molar refractivity (Wildman–Crippen MR) is 71.1 cm³/mol. The van der Waals surface area contributed by atoms with Gasteiger partial charge in [0.2, 0.25) is 5.91 Å². The average Bonchev–Trinajstić information content (AvgIpc) is 2.90. The first-order valence-corrected chi connectivity index (χ1v) is 7.16. The summed E-state index contributed by atoms with van der Waals surface area (Å²) in [5.74, 6) is 0.213. The molecule has 1 aromatic rings. The van der Waals surface area contributed by atoms with E-state index in [1.807, 2.05) is 29.3 Å². The van der Waals surface area contributed by atoms with E-state index in [1.165, 1.54) is 6.42 Å². The molecule has 94 valence electrons. The van der Waals surface area contributed by atoms with E-state index in [2.05, 4.69) is 0 Å². The van der Waals surface area contributed by atoms with Gasteiger partial charge in [-0.15, -0.1) is 11.3 Å². The maximum absolute atomic E-state index is 12.4. The first-order valence-electron chi connectivity index (χ1n) is 6.28. The molecular formula is C13H20N2OS. The lowest BCUT2D eigenvalue weighted by atomic mass is 9.99. The highest BCUT2D eigenvalue weighted by atomic mass is 32.1. The van der Waals surface area contributed by atoms with E-state index in [4.69, 9.17) is 5.73 Å². The van der Waals surface area contributed by atoms with E-state index in [-0.39, 0.29) is 17.9 Å². The normalized spacial score (nSPS) is 22.5. The Morgan fingerprint density at radius 2 is 2.47 bits per heavy atom. The van der Waals surface area contributed by atoms with Crippen LogP contribution in [-0.4, -0.2) is 29.9 Å². The van der Waals surface area contributed by atoms with E-state index in [9.17, 15) is 4.79 Å². The van der Waals surface area contributed by atoms with Crippen LogP contribution in [0.15, 0.2) is 17.5 Å². The Labute approximate surface area is 107 Å². The van der Waals surface area contributed by atoms with Crippen molar-refractivity contribution in [3.63, 3.8) is 0 Å². The molecule has 3 nitrogen and oxygen atoms in total. The molecule has 2 rings (SSSR count). The third-order valence-corrected chi connectivity index (χ3v) is 4.58. The molecule has 0 aromatic carbocycles. The minimum atomic E-state index is -0.0258. The number of nitrogens with zero attached hydrogens (tertiary/aromatic N) is 1. The van der Waals surface area contributed by atoms with Gasteiger partial charge in [-0.2, -0.15) is 0 Å². The van der Waals surface area contributed by atoms with Gasteiger partial charge in [0.1, 0.15) is 0 Å². The van der Waals surface area contributed by atoms with Gasteiger partial charge in [0.25, 0.3) is 0 Å². The van der Waals surface area contributed by atoms with Crippen LogP contribution in [0.3, 0.4) is 0 Å². The van der Waals surface area contributed by atoms with Gasteiger partial charge < -0.3 is 10.6 Å². The molecule has 0 radical (unpaired) electrons. The topological polar surface area (TPSA) is 46.3 Å². The van der Waals surface area contributed by atoms with Gasteiger partial charge in [-0.1, -0.05) is 6.07 Å². The van der Waals surface area contributed by atoms with Crippen LogP contribution in [-0.2, 0) is 4.79 Å². The Kier molecular flexibility index (Phi) is 4.18. The van der Waals surface area contributed by atoms with Crippen molar-refractivity contribution in [3.05, 3.63) is 22.4 Å². The maximum atomic E-state index is 12.4. The molecule has 4 heteroatoms. The van der Waals surface area contributed by atoms with Gasteiger partial charge in [0.05, 0.1) is 5.92 Å². The third-order valence-electron chi connectivity index (χ3n) is 3.52. The molecule has 2 N–H and O–H groups in total. The molecule has 1 fully saturated rings. The first kappa shape index (κ1) is 12.6. The van der Waals surface area contributed by atoms with Crippen LogP contribution in [0.5, 0.6) is 0 Å². The highest BCUT2D eigenvalue weighted by molar-refractivity contribution is 7.10. The molecule has 2 heterocycles. The number of nitrogens with two attached hydrogens (primary N) is 1. The van der Waals surface area contributed by atoms with E-state index < -0.39 is 0 Å². The highest BCUT2D eigenvalue weighted by Crippen LogP contribution is 2.26. The Balaban J connectivity index is 2.07. The molecule has 0 aliphatic carbocycles. The highest BCUT2D eigenvalue weighted by Gasteiger charge is 2.29. The molecule has 1 saturated heterocycles. The van der Waals surface area contributed by atoms with Crippen molar-refractivity contribution < 1.29 is 4.79 Å². The second-order valence-electron chi connectivity index (χ2n) is 4.65. The van der Waals surface area contributed by atoms with Crippen molar-refractivity contribution in [2.24, 2.45) is 5.73 Å². The predicted octanol–water partition coefficient (Wildman–Crippen LogP) is 2.19. The molecule has 1 aromatic heterocycles. The molecule has 0 bridgehead atoms. The van der Waals surface area contributed by atoms with Crippen LogP contribution in [0.4, 0.5) is 0 Å². The summed E-state index contributed by atoms with van der Waals surface area (Å²) in [4.78, 5) is 15.6. The lowest BCUT2D eigenvalue weighted by Gasteiger charge is -2.36. The Bertz CT molecular complexity index is 364. The molecule has 2 unspecified atom stereocenters. The minimum absolute atomic E-state index is 0.0258. The number of hydrogen-bond acceptors (Lipinski definition) is 3. The summed E-state index contributed by atoms with van der Waals surface area (Å²) in [6, 6.07) is 4.29. The van der Waals surface area contributed by atoms with Gasteiger partial charge in [-0.25, -0.2) is 0 Å². The molecule has 17 heavy (non-hydrogen) atoms. The number of piperidine rings is 1. The van der Waals surface area contributed by atoms with Gasteiger partial charge in [-0.3, -0.25) is 4.79 Å². The molecule has 0 spiro atoms. The van der Waals surface area contributed by atoms with Crippen molar-refractivity contribution in [2.45, 2.75) is 38.1 Å². The summed E-state index contributed by atoms with van der Waals surface area (Å²) in [5.41, 5.74) is 5.76. The Hall–Kier alpha value is -0.870. The molecule has 1 aliphatic rings. The summed E-state index contributed by atoms with van der Waals surface area (Å²) in [6.45, 7) is 3.45. The van der Waals surface area contributed by atoms with E-state index in [0.29, 0.717) is 6.54 Å². The summed E-state index contributed by atoms with van der Waals surface area (Å²) in [6.07, 6.45) is 3.36. The van der Waals surface area contributed by atoms with Crippen molar-refractivity contribution >= 4 is 17.2 Å². The average molecular weight is 252 g/mol. The van der Waals surface area contributed by atoms with Crippen molar-refractivity contribution in [1.29, 1.82) is 0 Å². The van der Waals surface area contributed by atoms with Crippen LogP contribution < -0.4 is 5.73 Å². The van der Waals surface area contributed by atoms with Crippen LogP contribution in [0.1, 0.15) is 37.0 Å². The van der Waals surface area contributed by atoms with Crippen molar-refractivity contribution in [1.82, 2.24) is 4.90 Å². The van der Waals surface area contributed by atoms with Gasteiger partial charge in [-0.05, 0) is 37.6 Å². The number of rotatable bonds is 3. The molecule has 2 atom stereocenters. The standard InChI is InChI=1S/C13H20N2OS/c1-10(12-6-4-8-17-12)13(16)15-7-3-2-5-11(15)9-14/h4,6,8,10-11H,2-3,5,7,9,14H2,1H3. The molecule has 1 amide bonds. The lowest BCUT2D eigenvalue weighted by molar-refractivity contribution is -0.135. The maximum Gasteiger partial charge on any atom is 0.230 e. The first-order chi connectivity index (χ1) is 8.24. The number of carbonyl (C=O) groups is 1. The Morgan fingerprint density at radius 3 is 3.12 bits per heavy atom. The molecular weight excluding hydrogens is 232 g/mol. The fourth-order valence-electron chi connectivity index (χ4n) is 2.44. The summed E-state index contributed by atoms with van der Waals surface area (Å²) in [5, 5.41) is 2.02. The zero-order valence-electron chi connectivity index (χ0n) is 10.3. The number of hydrogen-bond donors (Lipinski definition) is 1. The SMILES string of the molecule is CC(C(=O)N1CCCCC1CN)c1cccs1.